The Hall–Kier alpha value is -2.86. The Morgan fingerprint density at radius 2 is 1.92 bits per heavy atom. The van der Waals surface area contributed by atoms with E-state index in [0.29, 0.717) is 0 Å². The molecule has 124 valence electrons. The molecule has 0 amide bonds. The van der Waals surface area contributed by atoms with E-state index in [9.17, 15) is 10.1 Å². The molecule has 4 rings (SSSR count). The highest BCUT2D eigenvalue weighted by Crippen LogP contribution is 2.30. The van der Waals surface area contributed by atoms with Crippen LogP contribution in [0.25, 0.3) is 22.6 Å². The molecule has 0 radical (unpaired) electrons. The van der Waals surface area contributed by atoms with Crippen LogP contribution in [0, 0.1) is 14.8 Å². The summed E-state index contributed by atoms with van der Waals surface area (Å²) < 4.78 is 2.91. The molecule has 0 fully saturated rings. The van der Waals surface area contributed by atoms with Gasteiger partial charge in [0.15, 0.2) is 0 Å². The highest BCUT2D eigenvalue weighted by molar-refractivity contribution is 7.71. The van der Waals surface area contributed by atoms with Gasteiger partial charge in [0, 0.05) is 24.1 Å². The van der Waals surface area contributed by atoms with E-state index in [0.717, 1.165) is 51.9 Å². The number of para-hydroxylation sites is 1. The summed E-state index contributed by atoms with van der Waals surface area (Å²) in [4.78, 5) is 15.2. The average molecular weight is 349 g/mol. The largest absolute Gasteiger partial charge is 0.317 e. The van der Waals surface area contributed by atoms with Crippen molar-refractivity contribution in [3.8, 4) is 0 Å². The SMILES string of the molecule is O=[N+]([O-])c1ccc(C=C2CCCn3c2nc2ccccc2c3=S)cc1. The second kappa shape index (κ2) is 6.22. The smallest absolute Gasteiger partial charge is 0.269 e. The minimum absolute atomic E-state index is 0.0949. The van der Waals surface area contributed by atoms with Crippen LogP contribution in [0.4, 0.5) is 5.69 Å². The van der Waals surface area contributed by atoms with Crippen molar-refractivity contribution >= 4 is 40.5 Å². The molecule has 1 aromatic heterocycles. The summed E-state index contributed by atoms with van der Waals surface area (Å²) >= 11 is 5.66. The summed E-state index contributed by atoms with van der Waals surface area (Å²) in [6.07, 6.45) is 3.96. The molecule has 0 spiro atoms. The van der Waals surface area contributed by atoms with Crippen LogP contribution < -0.4 is 0 Å². The van der Waals surface area contributed by atoms with Crippen LogP contribution in [0.2, 0.25) is 0 Å². The fourth-order valence-electron chi connectivity index (χ4n) is 3.19. The van der Waals surface area contributed by atoms with Crippen molar-refractivity contribution < 1.29 is 4.92 Å². The van der Waals surface area contributed by atoms with E-state index in [-0.39, 0.29) is 10.6 Å². The van der Waals surface area contributed by atoms with Crippen molar-refractivity contribution in [2.45, 2.75) is 19.4 Å². The lowest BCUT2D eigenvalue weighted by Gasteiger charge is -2.22. The van der Waals surface area contributed by atoms with Crippen LogP contribution >= 0.6 is 12.2 Å². The van der Waals surface area contributed by atoms with E-state index >= 15 is 0 Å². The topological polar surface area (TPSA) is 61.0 Å². The fourth-order valence-corrected chi connectivity index (χ4v) is 3.54. The molecular formula is C19H15N3O2S. The molecule has 0 saturated carbocycles. The van der Waals surface area contributed by atoms with Gasteiger partial charge in [-0.25, -0.2) is 4.98 Å². The van der Waals surface area contributed by atoms with Crippen LogP contribution in [0.1, 0.15) is 24.2 Å². The monoisotopic (exact) mass is 349 g/mol. The van der Waals surface area contributed by atoms with Gasteiger partial charge in [0.05, 0.1) is 10.4 Å². The van der Waals surface area contributed by atoms with Gasteiger partial charge < -0.3 is 4.57 Å². The van der Waals surface area contributed by atoms with Gasteiger partial charge in [-0.15, -0.1) is 0 Å². The third kappa shape index (κ3) is 2.85. The van der Waals surface area contributed by atoms with E-state index in [4.69, 9.17) is 17.2 Å². The zero-order valence-corrected chi connectivity index (χ0v) is 14.2. The number of non-ortho nitro benzene ring substituents is 1. The first-order valence-electron chi connectivity index (χ1n) is 8.08. The Balaban J connectivity index is 1.84. The number of allylic oxidation sites excluding steroid dienone is 1. The Labute approximate surface area is 149 Å². The van der Waals surface area contributed by atoms with Crippen molar-refractivity contribution in [3.05, 3.63) is 74.7 Å². The molecule has 1 aliphatic rings. The maximum atomic E-state index is 10.8. The second-order valence-corrected chi connectivity index (χ2v) is 6.42. The first-order chi connectivity index (χ1) is 12.1. The molecular weight excluding hydrogens is 334 g/mol. The highest BCUT2D eigenvalue weighted by atomic mass is 32.1. The highest BCUT2D eigenvalue weighted by Gasteiger charge is 2.17. The summed E-state index contributed by atoms with van der Waals surface area (Å²) in [5.74, 6) is 0.897. The Morgan fingerprint density at radius 1 is 1.16 bits per heavy atom. The molecule has 0 atom stereocenters. The average Bonchev–Trinajstić information content (AvgIpc) is 2.63. The number of rotatable bonds is 2. The molecule has 0 bridgehead atoms. The molecule has 2 aromatic carbocycles. The fraction of sp³-hybridized carbons (Fsp3) is 0.158. The molecule has 6 heteroatoms. The Kier molecular flexibility index (Phi) is 3.89. The molecule has 2 heterocycles. The summed E-state index contributed by atoms with van der Waals surface area (Å²) in [7, 11) is 0. The minimum atomic E-state index is -0.389. The van der Waals surface area contributed by atoms with Gasteiger partial charge in [-0.1, -0.05) is 24.4 Å². The lowest BCUT2D eigenvalue weighted by molar-refractivity contribution is -0.384. The normalized spacial score (nSPS) is 15.3. The molecule has 1 aliphatic heterocycles. The molecule has 0 aliphatic carbocycles. The summed E-state index contributed by atoms with van der Waals surface area (Å²) in [6.45, 7) is 0.865. The maximum Gasteiger partial charge on any atom is 0.269 e. The summed E-state index contributed by atoms with van der Waals surface area (Å²) in [6, 6.07) is 14.5. The molecule has 0 N–H and O–H groups in total. The van der Waals surface area contributed by atoms with E-state index in [1.165, 1.54) is 12.1 Å². The molecule has 0 saturated heterocycles. The van der Waals surface area contributed by atoms with Crippen LogP contribution in [0.3, 0.4) is 0 Å². The Morgan fingerprint density at radius 3 is 2.68 bits per heavy atom. The van der Waals surface area contributed by atoms with Crippen molar-refractivity contribution in [2.75, 3.05) is 0 Å². The second-order valence-electron chi connectivity index (χ2n) is 6.03. The lowest BCUT2D eigenvalue weighted by atomic mass is 10.0. The van der Waals surface area contributed by atoms with E-state index in [1.54, 1.807) is 12.1 Å². The van der Waals surface area contributed by atoms with Gasteiger partial charge >= 0.3 is 0 Å². The number of nitro benzene ring substituents is 1. The van der Waals surface area contributed by atoms with E-state index in [2.05, 4.69) is 4.57 Å². The van der Waals surface area contributed by atoms with Gasteiger partial charge in [-0.05, 0) is 54.3 Å². The summed E-state index contributed by atoms with van der Waals surface area (Å²) in [5, 5.41) is 11.8. The lowest BCUT2D eigenvalue weighted by Crippen LogP contribution is -2.15. The number of fused-ring (bicyclic) bond motifs is 2. The van der Waals surface area contributed by atoms with Crippen molar-refractivity contribution in [3.63, 3.8) is 0 Å². The number of hydrogen-bond acceptors (Lipinski definition) is 4. The van der Waals surface area contributed by atoms with Gasteiger partial charge in [-0.2, -0.15) is 0 Å². The number of benzene rings is 2. The van der Waals surface area contributed by atoms with E-state index < -0.39 is 0 Å². The molecule has 5 nitrogen and oxygen atoms in total. The zero-order valence-electron chi connectivity index (χ0n) is 13.4. The van der Waals surface area contributed by atoms with Crippen molar-refractivity contribution in [1.82, 2.24) is 9.55 Å². The quantitative estimate of drug-likeness (QED) is 0.371. The predicted octanol–water partition coefficient (Wildman–Crippen LogP) is 5.01. The first kappa shape index (κ1) is 15.7. The van der Waals surface area contributed by atoms with Gasteiger partial charge in [0.1, 0.15) is 10.5 Å². The van der Waals surface area contributed by atoms with E-state index in [1.807, 2.05) is 30.3 Å². The number of hydrogen-bond donors (Lipinski definition) is 0. The number of aromatic nitrogens is 2. The minimum Gasteiger partial charge on any atom is -0.317 e. The van der Waals surface area contributed by atoms with Gasteiger partial charge in [0.2, 0.25) is 0 Å². The maximum absolute atomic E-state index is 10.8. The van der Waals surface area contributed by atoms with Gasteiger partial charge in [-0.3, -0.25) is 10.1 Å². The van der Waals surface area contributed by atoms with Crippen molar-refractivity contribution in [1.29, 1.82) is 0 Å². The zero-order chi connectivity index (χ0) is 17.4. The number of nitro groups is 1. The van der Waals surface area contributed by atoms with Crippen molar-refractivity contribution in [2.24, 2.45) is 0 Å². The third-order valence-corrected chi connectivity index (χ3v) is 4.86. The van der Waals surface area contributed by atoms with Gasteiger partial charge in [0.25, 0.3) is 5.69 Å². The third-order valence-electron chi connectivity index (χ3n) is 4.42. The van der Waals surface area contributed by atoms with Crippen LogP contribution in [-0.4, -0.2) is 14.5 Å². The summed E-state index contributed by atoms with van der Waals surface area (Å²) in [5.41, 5.74) is 3.03. The first-order valence-corrected chi connectivity index (χ1v) is 8.49. The number of nitrogens with zero attached hydrogens (tertiary/aromatic N) is 3. The Bertz CT molecular complexity index is 1070. The van der Waals surface area contributed by atoms with Crippen LogP contribution in [0.15, 0.2) is 48.5 Å². The van der Waals surface area contributed by atoms with Crippen LogP contribution in [-0.2, 0) is 6.54 Å². The molecule has 3 aromatic rings. The predicted molar refractivity (Wildman–Crippen MR) is 101 cm³/mol. The molecule has 25 heavy (non-hydrogen) atoms. The standard InChI is InChI=1S/C19H15N3O2S/c23-22(24)15-9-7-13(8-10-15)12-14-4-3-11-21-18(14)20-17-6-2-1-5-16(17)19(21)25/h1-2,5-10,12H,3-4,11H2. The molecule has 0 unspecified atom stereocenters. The van der Waals surface area contributed by atoms with Crippen LogP contribution in [0.5, 0.6) is 0 Å².